The first-order valence-electron chi connectivity index (χ1n) is 6.70. The van der Waals surface area contributed by atoms with Crippen LogP contribution in [0, 0.1) is 0 Å². The number of aryl methyl sites for hydroxylation is 1. The Balaban J connectivity index is 2.17. The Hall–Kier alpha value is -1.39. The van der Waals surface area contributed by atoms with E-state index in [2.05, 4.69) is 54.3 Å². The van der Waals surface area contributed by atoms with E-state index in [1.807, 2.05) is 25.0 Å². The molecular weight excluding hydrogens is 236 g/mol. The number of hydrogen-bond acceptors (Lipinski definition) is 3. The van der Waals surface area contributed by atoms with Gasteiger partial charge < -0.3 is 9.88 Å². The summed E-state index contributed by atoms with van der Waals surface area (Å²) in [7, 11) is 6.19. The molecule has 4 nitrogen and oxygen atoms in total. The summed E-state index contributed by atoms with van der Waals surface area (Å²) in [6.45, 7) is 6.40. The Kier molecular flexibility index (Phi) is 3.92. The van der Waals surface area contributed by atoms with Crippen molar-refractivity contribution in [3.8, 4) is 0 Å². The van der Waals surface area contributed by atoms with Crippen LogP contribution in [0.5, 0.6) is 0 Å². The van der Waals surface area contributed by atoms with E-state index in [1.165, 1.54) is 11.1 Å². The summed E-state index contributed by atoms with van der Waals surface area (Å²) in [5, 5.41) is 3.25. The molecule has 0 spiro atoms. The highest BCUT2D eigenvalue weighted by molar-refractivity contribution is 5.75. The Labute approximate surface area is 115 Å². The second-order valence-electron chi connectivity index (χ2n) is 5.88. The van der Waals surface area contributed by atoms with Crippen molar-refractivity contribution in [3.05, 3.63) is 30.1 Å². The zero-order valence-corrected chi connectivity index (χ0v) is 12.6. The van der Waals surface area contributed by atoms with Crippen LogP contribution in [0.3, 0.4) is 0 Å². The van der Waals surface area contributed by atoms with Gasteiger partial charge in [0.2, 0.25) is 0 Å². The first-order chi connectivity index (χ1) is 8.94. The van der Waals surface area contributed by atoms with E-state index in [4.69, 9.17) is 0 Å². The lowest BCUT2D eigenvalue weighted by molar-refractivity contribution is 0.147. The first-order valence-corrected chi connectivity index (χ1v) is 6.70. The summed E-state index contributed by atoms with van der Waals surface area (Å²) in [5.74, 6) is 0. The maximum atomic E-state index is 4.42. The molecular formula is C15H24N4. The summed E-state index contributed by atoms with van der Waals surface area (Å²) in [4.78, 5) is 6.79. The molecule has 2 rings (SSSR count). The second kappa shape index (κ2) is 5.31. The number of hydrogen-bond donors (Lipinski definition) is 1. The number of rotatable bonds is 5. The monoisotopic (exact) mass is 260 g/mol. The minimum atomic E-state index is 0.133. The number of benzene rings is 1. The van der Waals surface area contributed by atoms with Gasteiger partial charge in [0.15, 0.2) is 0 Å². The molecule has 4 heteroatoms. The molecule has 0 radical (unpaired) electrons. The third-order valence-corrected chi connectivity index (χ3v) is 3.85. The van der Waals surface area contributed by atoms with Crippen LogP contribution in [0.4, 0.5) is 0 Å². The Morgan fingerprint density at radius 2 is 2.11 bits per heavy atom. The maximum absolute atomic E-state index is 4.42. The van der Waals surface area contributed by atoms with Gasteiger partial charge in [-0.2, -0.15) is 0 Å². The number of aromatic nitrogens is 2. The molecule has 104 valence electrons. The molecule has 0 amide bonds. The minimum Gasteiger partial charge on any atom is -0.334 e. The number of nitrogens with one attached hydrogen (secondary N) is 1. The molecule has 1 N–H and O–H groups in total. The van der Waals surface area contributed by atoms with Gasteiger partial charge in [-0.05, 0) is 45.6 Å². The predicted molar refractivity (Wildman–Crippen MR) is 80.2 cm³/mol. The van der Waals surface area contributed by atoms with Gasteiger partial charge in [-0.15, -0.1) is 0 Å². The molecule has 0 aliphatic heterocycles. The van der Waals surface area contributed by atoms with Gasteiger partial charge in [0, 0.05) is 25.7 Å². The van der Waals surface area contributed by atoms with Gasteiger partial charge in [0.1, 0.15) is 0 Å². The SMILES string of the molecule is CNCC(C)(C)N(C)Cc1ccc2c(c1)ncn2C. The standard InChI is InChI=1S/C15H24N4/c1-15(2,10-16-3)19(5)9-12-6-7-14-13(8-12)17-11-18(14)4/h6-8,11,16H,9-10H2,1-5H3. The Bertz CT molecular complexity index is 556. The molecule has 0 aliphatic rings. The molecule has 0 bridgehead atoms. The van der Waals surface area contributed by atoms with Gasteiger partial charge in [-0.1, -0.05) is 6.07 Å². The van der Waals surface area contributed by atoms with Gasteiger partial charge in [-0.3, -0.25) is 4.90 Å². The normalized spacial score (nSPS) is 12.5. The van der Waals surface area contributed by atoms with Crippen LogP contribution < -0.4 is 5.32 Å². The number of likely N-dealkylation sites (N-methyl/N-ethyl adjacent to an activating group) is 2. The largest absolute Gasteiger partial charge is 0.334 e. The molecule has 0 fully saturated rings. The van der Waals surface area contributed by atoms with E-state index >= 15 is 0 Å². The average Bonchev–Trinajstić information content (AvgIpc) is 2.70. The molecule has 0 unspecified atom stereocenters. The lowest BCUT2D eigenvalue weighted by atomic mass is 10.0. The molecule has 2 aromatic rings. The van der Waals surface area contributed by atoms with Crippen LogP contribution in [0.15, 0.2) is 24.5 Å². The molecule has 1 aromatic heterocycles. The van der Waals surface area contributed by atoms with Crippen molar-refractivity contribution in [2.24, 2.45) is 7.05 Å². The maximum Gasteiger partial charge on any atom is 0.0955 e. The number of nitrogens with zero attached hydrogens (tertiary/aromatic N) is 3. The summed E-state index contributed by atoms with van der Waals surface area (Å²) in [6, 6.07) is 6.52. The zero-order valence-electron chi connectivity index (χ0n) is 12.6. The minimum absolute atomic E-state index is 0.133. The molecule has 0 saturated heterocycles. The first kappa shape index (κ1) is 14.0. The molecule has 0 atom stereocenters. The smallest absolute Gasteiger partial charge is 0.0955 e. The summed E-state index contributed by atoms with van der Waals surface area (Å²) >= 11 is 0. The lowest BCUT2D eigenvalue weighted by Crippen LogP contribution is -2.47. The van der Waals surface area contributed by atoms with Gasteiger partial charge >= 0.3 is 0 Å². The quantitative estimate of drug-likeness (QED) is 0.892. The molecule has 19 heavy (non-hydrogen) atoms. The second-order valence-corrected chi connectivity index (χ2v) is 5.88. The third kappa shape index (κ3) is 2.96. The zero-order chi connectivity index (χ0) is 14.0. The van der Waals surface area contributed by atoms with Crippen molar-refractivity contribution >= 4 is 11.0 Å². The fourth-order valence-corrected chi connectivity index (χ4v) is 2.34. The number of imidazole rings is 1. The van der Waals surface area contributed by atoms with Crippen LogP contribution in [-0.4, -0.2) is 40.6 Å². The van der Waals surface area contributed by atoms with E-state index in [0.717, 1.165) is 18.6 Å². The van der Waals surface area contributed by atoms with E-state index in [-0.39, 0.29) is 5.54 Å². The van der Waals surface area contributed by atoms with Crippen molar-refractivity contribution in [2.45, 2.75) is 25.9 Å². The van der Waals surface area contributed by atoms with Crippen LogP contribution in [0.2, 0.25) is 0 Å². The molecule has 0 saturated carbocycles. The molecule has 0 aliphatic carbocycles. The highest BCUT2D eigenvalue weighted by Gasteiger charge is 2.22. The molecule has 1 aromatic carbocycles. The van der Waals surface area contributed by atoms with Gasteiger partial charge in [0.25, 0.3) is 0 Å². The van der Waals surface area contributed by atoms with E-state index in [1.54, 1.807) is 0 Å². The van der Waals surface area contributed by atoms with Crippen LogP contribution in [0.25, 0.3) is 11.0 Å². The highest BCUT2D eigenvalue weighted by atomic mass is 15.2. The van der Waals surface area contributed by atoms with E-state index in [9.17, 15) is 0 Å². The number of fused-ring (bicyclic) bond motifs is 1. The Morgan fingerprint density at radius 1 is 1.37 bits per heavy atom. The van der Waals surface area contributed by atoms with Crippen molar-refractivity contribution < 1.29 is 0 Å². The highest BCUT2D eigenvalue weighted by Crippen LogP contribution is 2.18. The fraction of sp³-hybridized carbons (Fsp3) is 0.533. The van der Waals surface area contributed by atoms with Crippen molar-refractivity contribution in [1.82, 2.24) is 19.8 Å². The Morgan fingerprint density at radius 3 is 2.79 bits per heavy atom. The molecule has 1 heterocycles. The van der Waals surface area contributed by atoms with Crippen LogP contribution in [0.1, 0.15) is 19.4 Å². The summed E-state index contributed by atoms with van der Waals surface area (Å²) < 4.78 is 2.05. The fourth-order valence-electron chi connectivity index (χ4n) is 2.34. The lowest BCUT2D eigenvalue weighted by Gasteiger charge is -2.35. The van der Waals surface area contributed by atoms with Gasteiger partial charge in [-0.25, -0.2) is 4.98 Å². The third-order valence-electron chi connectivity index (χ3n) is 3.85. The van der Waals surface area contributed by atoms with E-state index in [0.29, 0.717) is 0 Å². The summed E-state index contributed by atoms with van der Waals surface area (Å²) in [6.07, 6.45) is 1.86. The van der Waals surface area contributed by atoms with Crippen molar-refractivity contribution in [3.63, 3.8) is 0 Å². The average molecular weight is 260 g/mol. The van der Waals surface area contributed by atoms with Crippen molar-refractivity contribution in [1.29, 1.82) is 0 Å². The van der Waals surface area contributed by atoms with E-state index < -0.39 is 0 Å². The predicted octanol–water partition coefficient (Wildman–Crippen LogP) is 2.00. The van der Waals surface area contributed by atoms with Crippen LogP contribution >= 0.6 is 0 Å². The van der Waals surface area contributed by atoms with Crippen molar-refractivity contribution in [2.75, 3.05) is 20.6 Å². The topological polar surface area (TPSA) is 33.1 Å². The van der Waals surface area contributed by atoms with Gasteiger partial charge in [0.05, 0.1) is 17.4 Å². The summed E-state index contributed by atoms with van der Waals surface area (Å²) in [5.41, 5.74) is 3.69. The van der Waals surface area contributed by atoms with Crippen LogP contribution in [-0.2, 0) is 13.6 Å².